The standard InChI is InChI=1S/C25H27N9O.CH4/c1-4-30(2)25(35)33-9-7-32(8-10-33)23-6-5-18(13-27-23)22-11-19(21-15-28-31(3)16-21)17-34-24(22)20(12-26)14-29-34;/h5-6,11,13-17H,4,7-10H2,1-3H3;1H4. The highest BCUT2D eigenvalue weighted by atomic mass is 16.2. The number of fused-ring (bicyclic) bond motifs is 1. The monoisotopic (exact) mass is 485 g/mol. The van der Waals surface area contributed by atoms with Gasteiger partial charge in [-0.15, -0.1) is 0 Å². The van der Waals surface area contributed by atoms with Crippen LogP contribution in [0.15, 0.2) is 49.2 Å². The van der Waals surface area contributed by atoms with Crippen molar-refractivity contribution in [3.63, 3.8) is 0 Å². The summed E-state index contributed by atoms with van der Waals surface area (Å²) in [6, 6.07) is 8.40. The number of carbonyl (C=O) groups is 1. The van der Waals surface area contributed by atoms with Gasteiger partial charge in [-0.1, -0.05) is 7.43 Å². The second kappa shape index (κ2) is 10.1. The van der Waals surface area contributed by atoms with Crippen LogP contribution >= 0.6 is 0 Å². The van der Waals surface area contributed by atoms with E-state index in [-0.39, 0.29) is 13.5 Å². The number of nitrogens with zero attached hydrogens (tertiary/aromatic N) is 9. The molecule has 1 saturated heterocycles. The molecule has 10 heteroatoms. The van der Waals surface area contributed by atoms with Crippen LogP contribution in [0.3, 0.4) is 0 Å². The number of urea groups is 1. The molecule has 2 amide bonds. The average molecular weight is 486 g/mol. The van der Waals surface area contributed by atoms with Crippen LogP contribution in [0.2, 0.25) is 0 Å². The van der Waals surface area contributed by atoms with Gasteiger partial charge in [0.1, 0.15) is 11.9 Å². The molecule has 1 fully saturated rings. The fourth-order valence-corrected chi connectivity index (χ4v) is 4.39. The minimum atomic E-state index is 0. The van der Waals surface area contributed by atoms with E-state index in [9.17, 15) is 10.1 Å². The van der Waals surface area contributed by atoms with E-state index in [1.807, 2.05) is 62.8 Å². The van der Waals surface area contributed by atoms with Crippen LogP contribution in [0.1, 0.15) is 19.9 Å². The number of anilines is 1. The molecule has 5 rings (SSSR count). The maximum absolute atomic E-state index is 12.4. The molecular weight excluding hydrogens is 454 g/mol. The smallest absolute Gasteiger partial charge is 0.319 e. The summed E-state index contributed by atoms with van der Waals surface area (Å²) in [5.74, 6) is 0.873. The second-order valence-corrected chi connectivity index (χ2v) is 8.68. The topological polar surface area (TPSA) is 98.6 Å². The lowest BCUT2D eigenvalue weighted by Crippen LogP contribution is -2.52. The van der Waals surface area contributed by atoms with Crippen molar-refractivity contribution < 1.29 is 4.79 Å². The van der Waals surface area contributed by atoms with Crippen molar-refractivity contribution >= 4 is 17.4 Å². The number of pyridine rings is 2. The molecule has 4 aromatic rings. The molecule has 0 N–H and O–H groups in total. The predicted molar refractivity (Wildman–Crippen MR) is 140 cm³/mol. The Morgan fingerprint density at radius 3 is 2.44 bits per heavy atom. The summed E-state index contributed by atoms with van der Waals surface area (Å²) < 4.78 is 3.50. The first-order chi connectivity index (χ1) is 17.0. The minimum absolute atomic E-state index is 0. The van der Waals surface area contributed by atoms with Crippen molar-refractivity contribution in [2.45, 2.75) is 14.4 Å². The van der Waals surface area contributed by atoms with Crippen LogP contribution < -0.4 is 4.90 Å². The third kappa shape index (κ3) is 4.47. The molecule has 36 heavy (non-hydrogen) atoms. The van der Waals surface area contributed by atoms with E-state index in [2.05, 4.69) is 27.2 Å². The summed E-state index contributed by atoms with van der Waals surface area (Å²) >= 11 is 0. The highest BCUT2D eigenvalue weighted by Gasteiger charge is 2.24. The Hall–Kier alpha value is -4.39. The van der Waals surface area contributed by atoms with Gasteiger partial charge in [0.05, 0.1) is 23.5 Å². The van der Waals surface area contributed by atoms with Gasteiger partial charge >= 0.3 is 6.03 Å². The first-order valence-electron chi connectivity index (χ1n) is 11.6. The zero-order chi connectivity index (χ0) is 24.5. The number of carbonyl (C=O) groups excluding carboxylic acids is 1. The normalized spacial score (nSPS) is 13.4. The van der Waals surface area contributed by atoms with Gasteiger partial charge in [0.25, 0.3) is 0 Å². The van der Waals surface area contributed by atoms with Gasteiger partial charge in [-0.2, -0.15) is 15.5 Å². The lowest BCUT2D eigenvalue weighted by molar-refractivity contribution is 0.161. The molecule has 4 aromatic heterocycles. The average Bonchev–Trinajstić information content (AvgIpc) is 3.53. The Kier molecular flexibility index (Phi) is 6.92. The molecular formula is C26H31N9O. The van der Waals surface area contributed by atoms with Crippen LogP contribution in [0.4, 0.5) is 10.6 Å². The number of rotatable bonds is 4. The van der Waals surface area contributed by atoms with Gasteiger partial charge in [0, 0.05) is 87.7 Å². The molecule has 0 aromatic carbocycles. The minimum Gasteiger partial charge on any atom is -0.353 e. The number of aromatic nitrogens is 5. The molecule has 186 valence electrons. The Labute approximate surface area is 211 Å². The lowest BCUT2D eigenvalue weighted by atomic mass is 10.0. The molecule has 0 aliphatic carbocycles. The SMILES string of the molecule is C.CCN(C)C(=O)N1CCN(c2ccc(-c3cc(-c4cnn(C)c4)cn4ncc(C#N)c34)cn2)CC1. The molecule has 1 aliphatic heterocycles. The van der Waals surface area contributed by atoms with Crippen molar-refractivity contribution in [3.05, 3.63) is 54.7 Å². The van der Waals surface area contributed by atoms with Gasteiger partial charge < -0.3 is 14.7 Å². The second-order valence-electron chi connectivity index (χ2n) is 8.68. The zero-order valence-electron chi connectivity index (χ0n) is 20.1. The Morgan fingerprint density at radius 1 is 1.06 bits per heavy atom. The van der Waals surface area contributed by atoms with Crippen LogP contribution in [0.5, 0.6) is 0 Å². The number of aryl methyl sites for hydroxylation is 1. The fourth-order valence-electron chi connectivity index (χ4n) is 4.39. The van der Waals surface area contributed by atoms with Crippen LogP contribution in [-0.2, 0) is 7.05 Å². The fraction of sp³-hybridized carbons (Fsp3) is 0.346. The van der Waals surface area contributed by atoms with Gasteiger partial charge in [0.15, 0.2) is 0 Å². The number of amides is 2. The largest absolute Gasteiger partial charge is 0.353 e. The van der Waals surface area contributed by atoms with Crippen molar-refractivity contribution in [1.29, 1.82) is 5.26 Å². The number of nitriles is 1. The van der Waals surface area contributed by atoms with Crippen molar-refractivity contribution in [3.8, 4) is 28.3 Å². The van der Waals surface area contributed by atoms with E-state index >= 15 is 0 Å². The molecule has 0 radical (unpaired) electrons. The summed E-state index contributed by atoms with van der Waals surface area (Å²) in [6.07, 6.45) is 9.10. The Bertz CT molecular complexity index is 1410. The number of piperazine rings is 1. The lowest BCUT2D eigenvalue weighted by Gasteiger charge is -2.37. The number of hydrogen-bond donors (Lipinski definition) is 0. The first-order valence-corrected chi connectivity index (χ1v) is 11.6. The zero-order valence-corrected chi connectivity index (χ0v) is 20.1. The van der Waals surface area contributed by atoms with Crippen molar-refractivity contribution in [2.75, 3.05) is 44.7 Å². The molecule has 5 heterocycles. The first kappa shape index (κ1) is 24.7. The highest BCUT2D eigenvalue weighted by Crippen LogP contribution is 2.32. The Balaban J connectivity index is 0.00000304. The summed E-state index contributed by atoms with van der Waals surface area (Å²) in [5.41, 5.74) is 4.98. The van der Waals surface area contributed by atoms with Crippen LogP contribution in [-0.4, -0.2) is 80.0 Å². The van der Waals surface area contributed by atoms with E-state index in [1.54, 1.807) is 20.3 Å². The van der Waals surface area contributed by atoms with Crippen LogP contribution in [0, 0.1) is 11.3 Å². The van der Waals surface area contributed by atoms with E-state index in [0.29, 0.717) is 25.2 Å². The summed E-state index contributed by atoms with van der Waals surface area (Å²) in [7, 11) is 3.71. The maximum Gasteiger partial charge on any atom is 0.319 e. The molecule has 10 nitrogen and oxygen atoms in total. The predicted octanol–water partition coefficient (Wildman–Crippen LogP) is 3.50. The molecule has 1 aliphatic rings. The summed E-state index contributed by atoms with van der Waals surface area (Å²) in [4.78, 5) is 23.0. The molecule has 0 spiro atoms. The summed E-state index contributed by atoms with van der Waals surface area (Å²) in [6.45, 7) is 5.48. The highest BCUT2D eigenvalue weighted by molar-refractivity contribution is 5.87. The third-order valence-electron chi connectivity index (χ3n) is 6.50. The van der Waals surface area contributed by atoms with E-state index in [1.165, 1.54) is 0 Å². The van der Waals surface area contributed by atoms with Gasteiger partial charge in [-0.25, -0.2) is 14.3 Å². The van der Waals surface area contributed by atoms with Gasteiger partial charge in [-0.05, 0) is 25.1 Å². The Morgan fingerprint density at radius 2 is 1.83 bits per heavy atom. The summed E-state index contributed by atoms with van der Waals surface area (Å²) in [5, 5.41) is 18.3. The quantitative estimate of drug-likeness (QED) is 0.439. The van der Waals surface area contributed by atoms with E-state index < -0.39 is 0 Å². The van der Waals surface area contributed by atoms with Crippen molar-refractivity contribution in [2.24, 2.45) is 7.05 Å². The molecule has 0 unspecified atom stereocenters. The molecule has 0 atom stereocenters. The number of hydrogen-bond acceptors (Lipinski definition) is 6. The molecule has 0 bridgehead atoms. The van der Waals surface area contributed by atoms with Gasteiger partial charge in [-0.3, -0.25) is 4.68 Å². The molecule has 0 saturated carbocycles. The van der Waals surface area contributed by atoms with E-state index in [4.69, 9.17) is 4.98 Å². The maximum atomic E-state index is 12.4. The third-order valence-corrected chi connectivity index (χ3v) is 6.50. The van der Waals surface area contributed by atoms with Crippen molar-refractivity contribution in [1.82, 2.24) is 34.2 Å². The van der Waals surface area contributed by atoms with Gasteiger partial charge in [0.2, 0.25) is 0 Å². The van der Waals surface area contributed by atoms with E-state index in [0.717, 1.165) is 46.7 Å². The van der Waals surface area contributed by atoms with Crippen LogP contribution in [0.25, 0.3) is 27.8 Å².